The number of nitrogens with two attached hydrogens (primary N) is 1. The van der Waals surface area contributed by atoms with Crippen LogP contribution in [0.25, 0.3) is 0 Å². The summed E-state index contributed by atoms with van der Waals surface area (Å²) in [5.41, 5.74) is 6.09. The molecule has 0 bridgehead atoms. The molecule has 0 aliphatic rings. The predicted octanol–water partition coefficient (Wildman–Crippen LogP) is 4.25. The molecule has 2 aromatic rings. The second-order valence-corrected chi connectivity index (χ2v) is 11.9. The highest BCUT2D eigenvalue weighted by molar-refractivity contribution is 7.87. The van der Waals surface area contributed by atoms with Gasteiger partial charge in [0.2, 0.25) is 0 Å². The Balaban J connectivity index is 2.38. The number of ether oxygens (including phenoxy) is 2. The van der Waals surface area contributed by atoms with Gasteiger partial charge >= 0.3 is 22.1 Å². The van der Waals surface area contributed by atoms with E-state index < -0.39 is 45.2 Å². The van der Waals surface area contributed by atoms with Gasteiger partial charge in [-0.1, -0.05) is 29.8 Å². The molecule has 0 aliphatic carbocycles. The fourth-order valence-corrected chi connectivity index (χ4v) is 4.15. The van der Waals surface area contributed by atoms with Crippen LogP contribution in [-0.4, -0.2) is 37.6 Å². The normalized spacial score (nSPS) is 14.1. The van der Waals surface area contributed by atoms with E-state index in [0.29, 0.717) is 5.56 Å². The molecule has 0 amide bonds. The summed E-state index contributed by atoms with van der Waals surface area (Å²) in [6.45, 7) is 12.2. The van der Waals surface area contributed by atoms with Crippen molar-refractivity contribution in [2.45, 2.75) is 82.9 Å². The molecule has 0 fully saturated rings. The smallest absolute Gasteiger partial charge is 0.339 e. The summed E-state index contributed by atoms with van der Waals surface area (Å²) in [5, 5.41) is 0. The van der Waals surface area contributed by atoms with Crippen LogP contribution in [0.1, 0.15) is 65.0 Å². The molecule has 8 nitrogen and oxygen atoms in total. The number of hydrogen-bond acceptors (Lipinski definition) is 8. The largest absolute Gasteiger partial charge is 0.460 e. The first-order valence-corrected chi connectivity index (χ1v) is 12.7. The van der Waals surface area contributed by atoms with Gasteiger partial charge in [0.25, 0.3) is 0 Å². The van der Waals surface area contributed by atoms with Gasteiger partial charge in [0.15, 0.2) is 0 Å². The standard InChI is InChI=1S/C26H35NO7S/c1-17-11-13-20(14-12-17)35(30,31)34-19-10-8-9-18(15-19)21(16-22(28)32-25(2,3)4)23(27)24(29)33-26(5,6)7/h8-15,21,23H,16,27H2,1-7H3. The van der Waals surface area contributed by atoms with Crippen LogP contribution in [0.5, 0.6) is 5.75 Å². The number of carbonyl (C=O) groups excluding carboxylic acids is 2. The molecule has 0 heterocycles. The Morgan fingerprint density at radius 1 is 0.914 bits per heavy atom. The lowest BCUT2D eigenvalue weighted by Crippen LogP contribution is -2.42. The summed E-state index contributed by atoms with van der Waals surface area (Å²) < 4.78 is 41.6. The van der Waals surface area contributed by atoms with Crippen LogP contribution >= 0.6 is 0 Å². The quantitative estimate of drug-likeness (QED) is 0.417. The maximum Gasteiger partial charge on any atom is 0.339 e. The third kappa shape index (κ3) is 8.99. The number of aryl methyl sites for hydroxylation is 1. The van der Waals surface area contributed by atoms with Gasteiger partial charge in [-0.3, -0.25) is 9.59 Å². The first-order valence-electron chi connectivity index (χ1n) is 11.3. The van der Waals surface area contributed by atoms with E-state index >= 15 is 0 Å². The highest BCUT2D eigenvalue weighted by Gasteiger charge is 2.33. The lowest BCUT2D eigenvalue weighted by Gasteiger charge is -2.28. The highest BCUT2D eigenvalue weighted by Crippen LogP contribution is 2.30. The summed E-state index contributed by atoms with van der Waals surface area (Å²) in [5.74, 6) is -2.07. The second kappa shape index (κ2) is 10.8. The van der Waals surface area contributed by atoms with E-state index in [1.54, 1.807) is 65.8 Å². The number of benzene rings is 2. The molecule has 0 saturated carbocycles. The SMILES string of the molecule is Cc1ccc(S(=O)(=O)Oc2cccc(C(CC(=O)OC(C)(C)C)C(N)C(=O)OC(C)(C)C)c2)cc1. The van der Waals surface area contributed by atoms with Crippen LogP contribution in [0.15, 0.2) is 53.4 Å². The second-order valence-electron chi connectivity index (χ2n) is 10.4. The van der Waals surface area contributed by atoms with Gasteiger partial charge in [-0.25, -0.2) is 0 Å². The third-order valence-corrected chi connectivity index (χ3v) is 5.98. The number of hydrogen-bond donors (Lipinski definition) is 1. The molecule has 2 N–H and O–H groups in total. The maximum absolute atomic E-state index is 12.7. The van der Waals surface area contributed by atoms with E-state index in [1.165, 1.54) is 24.3 Å². The Morgan fingerprint density at radius 3 is 2.03 bits per heavy atom. The van der Waals surface area contributed by atoms with Gasteiger partial charge in [-0.2, -0.15) is 8.42 Å². The van der Waals surface area contributed by atoms with Gasteiger partial charge in [0.1, 0.15) is 27.9 Å². The average Bonchev–Trinajstić information content (AvgIpc) is 2.69. The Morgan fingerprint density at radius 2 is 1.49 bits per heavy atom. The Labute approximate surface area is 207 Å². The molecule has 2 atom stereocenters. The molecule has 192 valence electrons. The Hall–Kier alpha value is -2.91. The predicted molar refractivity (Wildman–Crippen MR) is 132 cm³/mol. The van der Waals surface area contributed by atoms with Crippen LogP contribution in [0.2, 0.25) is 0 Å². The molecule has 2 rings (SSSR count). The van der Waals surface area contributed by atoms with E-state index in [-0.39, 0.29) is 17.1 Å². The monoisotopic (exact) mass is 505 g/mol. The summed E-state index contributed by atoms with van der Waals surface area (Å²) in [4.78, 5) is 25.4. The minimum Gasteiger partial charge on any atom is -0.460 e. The van der Waals surface area contributed by atoms with Crippen molar-refractivity contribution in [1.29, 1.82) is 0 Å². The van der Waals surface area contributed by atoms with E-state index in [1.807, 2.05) is 6.92 Å². The number of carbonyl (C=O) groups is 2. The van der Waals surface area contributed by atoms with Gasteiger partial charge in [0.05, 0.1) is 6.42 Å². The summed E-state index contributed by atoms with van der Waals surface area (Å²) in [7, 11) is -4.09. The molecule has 0 saturated heterocycles. The number of esters is 2. The van der Waals surface area contributed by atoms with E-state index in [0.717, 1.165) is 5.56 Å². The first-order chi connectivity index (χ1) is 16.0. The average molecular weight is 506 g/mol. The fourth-order valence-electron chi connectivity index (χ4n) is 3.23. The molecule has 0 radical (unpaired) electrons. The summed E-state index contributed by atoms with van der Waals surface area (Å²) >= 11 is 0. The van der Waals surface area contributed by atoms with E-state index in [2.05, 4.69) is 0 Å². The van der Waals surface area contributed by atoms with E-state index in [4.69, 9.17) is 19.4 Å². The molecule has 0 aromatic heterocycles. The molecule has 9 heteroatoms. The zero-order chi connectivity index (χ0) is 26.6. The minimum absolute atomic E-state index is 0.00395. The van der Waals surface area contributed by atoms with Gasteiger partial charge in [-0.15, -0.1) is 0 Å². The molecule has 0 spiro atoms. The van der Waals surface area contributed by atoms with Crippen LogP contribution in [0.4, 0.5) is 0 Å². The van der Waals surface area contributed by atoms with Gasteiger partial charge in [0, 0.05) is 5.92 Å². The van der Waals surface area contributed by atoms with Crippen LogP contribution in [0, 0.1) is 6.92 Å². The van der Waals surface area contributed by atoms with Crippen molar-refractivity contribution >= 4 is 22.1 Å². The van der Waals surface area contributed by atoms with Crippen LogP contribution in [0.3, 0.4) is 0 Å². The molecule has 35 heavy (non-hydrogen) atoms. The lowest BCUT2D eigenvalue weighted by atomic mass is 9.88. The Bertz CT molecular complexity index is 1140. The topological polar surface area (TPSA) is 122 Å². The van der Waals surface area contributed by atoms with Crippen LogP contribution < -0.4 is 9.92 Å². The maximum atomic E-state index is 12.7. The summed E-state index contributed by atoms with van der Waals surface area (Å²) in [6, 6.07) is 11.2. The van der Waals surface area contributed by atoms with Crippen molar-refractivity contribution in [2.24, 2.45) is 5.73 Å². The van der Waals surface area contributed by atoms with Gasteiger partial charge < -0.3 is 19.4 Å². The van der Waals surface area contributed by atoms with Crippen LogP contribution in [-0.2, 0) is 29.2 Å². The molecule has 2 aromatic carbocycles. The zero-order valence-electron chi connectivity index (χ0n) is 21.3. The lowest BCUT2D eigenvalue weighted by molar-refractivity contribution is -0.158. The zero-order valence-corrected chi connectivity index (χ0v) is 22.1. The fraction of sp³-hybridized carbons (Fsp3) is 0.462. The summed E-state index contributed by atoms with van der Waals surface area (Å²) in [6.07, 6.45) is -0.216. The molecular formula is C26H35NO7S. The van der Waals surface area contributed by atoms with Crippen molar-refractivity contribution in [3.8, 4) is 5.75 Å². The Kier molecular flexibility index (Phi) is 8.73. The van der Waals surface area contributed by atoms with E-state index in [9.17, 15) is 18.0 Å². The minimum atomic E-state index is -4.09. The first kappa shape index (κ1) is 28.3. The molecule has 0 aliphatic heterocycles. The molecule has 2 unspecified atom stereocenters. The molecular weight excluding hydrogens is 470 g/mol. The van der Waals surface area contributed by atoms with Crippen molar-refractivity contribution < 1.29 is 31.7 Å². The third-order valence-electron chi connectivity index (χ3n) is 4.72. The van der Waals surface area contributed by atoms with Crippen molar-refractivity contribution in [3.05, 3.63) is 59.7 Å². The highest BCUT2D eigenvalue weighted by atomic mass is 32.2. The van der Waals surface area contributed by atoms with Crippen molar-refractivity contribution in [2.75, 3.05) is 0 Å². The number of rotatable bonds is 8. The van der Waals surface area contributed by atoms with Gasteiger partial charge in [-0.05, 0) is 78.3 Å². The van der Waals surface area contributed by atoms with Crippen molar-refractivity contribution in [3.63, 3.8) is 0 Å². The van der Waals surface area contributed by atoms with Crippen molar-refractivity contribution in [1.82, 2.24) is 0 Å².